The van der Waals surface area contributed by atoms with Gasteiger partial charge < -0.3 is 0 Å². The Morgan fingerprint density at radius 3 is 2.16 bits per heavy atom. The van der Waals surface area contributed by atoms with Crippen molar-refractivity contribution in [2.45, 2.75) is 45.4 Å². The third-order valence-corrected chi connectivity index (χ3v) is 5.88. The van der Waals surface area contributed by atoms with Crippen LogP contribution in [0.2, 0.25) is 0 Å². The number of unbranched alkanes of at least 4 members (excludes halogenated alkanes) is 1. The van der Waals surface area contributed by atoms with E-state index in [1.165, 1.54) is 35.6 Å². The average Bonchev–Trinajstić information content (AvgIpc) is 3.17. The number of benzene rings is 3. The molecule has 0 saturated carbocycles. The first-order valence-electron chi connectivity index (χ1n) is 10.7. The molecule has 3 aromatic carbocycles. The molecule has 0 bridgehead atoms. The fraction of sp³-hybridized carbons (Fsp3) is 0.259. The molecule has 0 radical (unpaired) electrons. The van der Waals surface area contributed by atoms with E-state index in [2.05, 4.69) is 25.1 Å². The van der Waals surface area contributed by atoms with Crippen LogP contribution in [0, 0.1) is 23.3 Å². The summed E-state index contributed by atoms with van der Waals surface area (Å²) in [6, 6.07) is 13.2. The Balaban J connectivity index is 1.47. The van der Waals surface area contributed by atoms with Crippen LogP contribution < -0.4 is 0 Å². The molecule has 0 aliphatic heterocycles. The van der Waals surface area contributed by atoms with Crippen molar-refractivity contribution in [1.82, 2.24) is 0 Å². The van der Waals surface area contributed by atoms with Gasteiger partial charge in [-0.25, -0.2) is 17.6 Å². The van der Waals surface area contributed by atoms with Crippen molar-refractivity contribution in [2.24, 2.45) is 0 Å². The average molecular weight is 424 g/mol. The summed E-state index contributed by atoms with van der Waals surface area (Å²) in [7, 11) is 0. The van der Waals surface area contributed by atoms with Crippen molar-refractivity contribution in [2.75, 3.05) is 0 Å². The van der Waals surface area contributed by atoms with Gasteiger partial charge in [0.05, 0.1) is 0 Å². The maximum absolute atomic E-state index is 14.7. The van der Waals surface area contributed by atoms with Crippen LogP contribution in [0.5, 0.6) is 0 Å². The van der Waals surface area contributed by atoms with Crippen molar-refractivity contribution in [3.05, 3.63) is 99.6 Å². The van der Waals surface area contributed by atoms with Gasteiger partial charge >= 0.3 is 0 Å². The van der Waals surface area contributed by atoms with Crippen molar-refractivity contribution in [3.8, 4) is 11.1 Å². The topological polar surface area (TPSA) is 0 Å². The van der Waals surface area contributed by atoms with Gasteiger partial charge in [-0.2, -0.15) is 0 Å². The zero-order valence-corrected chi connectivity index (χ0v) is 17.5. The number of halogens is 4. The summed E-state index contributed by atoms with van der Waals surface area (Å²) < 4.78 is 54.6. The summed E-state index contributed by atoms with van der Waals surface area (Å²) in [4.78, 5) is 0. The summed E-state index contributed by atoms with van der Waals surface area (Å²) in [5.74, 6) is -4.30. The lowest BCUT2D eigenvalue weighted by Crippen LogP contribution is -1.99. The summed E-state index contributed by atoms with van der Waals surface area (Å²) in [6.45, 7) is 2.19. The van der Waals surface area contributed by atoms with Gasteiger partial charge in [0.2, 0.25) is 0 Å². The molecular weight excluding hydrogens is 400 g/mol. The molecule has 31 heavy (non-hydrogen) atoms. The molecule has 0 heterocycles. The quantitative estimate of drug-likeness (QED) is 0.268. The van der Waals surface area contributed by atoms with Gasteiger partial charge in [0.25, 0.3) is 0 Å². The Kier molecular flexibility index (Phi) is 6.26. The molecule has 0 unspecified atom stereocenters. The first kappa shape index (κ1) is 21.4. The van der Waals surface area contributed by atoms with Crippen molar-refractivity contribution in [1.29, 1.82) is 0 Å². The van der Waals surface area contributed by atoms with Crippen molar-refractivity contribution >= 4 is 6.08 Å². The number of fused-ring (bicyclic) bond motifs is 1. The molecule has 1 aliphatic carbocycles. The van der Waals surface area contributed by atoms with E-state index in [4.69, 9.17) is 0 Å². The molecule has 3 aromatic rings. The Morgan fingerprint density at radius 2 is 1.45 bits per heavy atom. The van der Waals surface area contributed by atoms with Gasteiger partial charge in [-0.1, -0.05) is 55.3 Å². The van der Waals surface area contributed by atoms with Gasteiger partial charge in [0, 0.05) is 0 Å². The first-order valence-corrected chi connectivity index (χ1v) is 10.7. The molecule has 0 nitrogen and oxygen atoms in total. The van der Waals surface area contributed by atoms with E-state index < -0.39 is 17.5 Å². The molecule has 160 valence electrons. The van der Waals surface area contributed by atoms with Crippen LogP contribution in [0.3, 0.4) is 0 Å². The Hall–Kier alpha value is -2.88. The lowest BCUT2D eigenvalue weighted by molar-refractivity contribution is 0.445. The Bertz CT molecular complexity index is 1120. The van der Waals surface area contributed by atoms with Crippen LogP contribution in [0.15, 0.2) is 54.1 Å². The molecule has 0 N–H and O–H groups in total. The predicted molar refractivity (Wildman–Crippen MR) is 117 cm³/mol. The standard InChI is InChI=1S/C27H24F4/c1-2-3-4-17-11-20-9-10-21(15-23(20)12-17)22-8-7-19(24(28)16-22)6-5-18-13-25(29)27(31)26(30)14-18/h7-11,13-16H,2-6,12H2,1H3. The van der Waals surface area contributed by atoms with E-state index in [-0.39, 0.29) is 18.7 Å². The zero-order valence-electron chi connectivity index (χ0n) is 17.5. The van der Waals surface area contributed by atoms with Gasteiger partial charge in [-0.15, -0.1) is 0 Å². The van der Waals surface area contributed by atoms with Crippen molar-refractivity contribution in [3.63, 3.8) is 0 Å². The number of hydrogen-bond acceptors (Lipinski definition) is 0. The monoisotopic (exact) mass is 424 g/mol. The smallest absolute Gasteiger partial charge is 0.194 e. The molecule has 0 fully saturated rings. The van der Waals surface area contributed by atoms with Gasteiger partial charge in [0.15, 0.2) is 17.5 Å². The molecule has 4 heteroatoms. The summed E-state index contributed by atoms with van der Waals surface area (Å²) >= 11 is 0. The molecule has 4 rings (SSSR count). The van der Waals surface area contributed by atoms with Crippen molar-refractivity contribution < 1.29 is 17.6 Å². The van der Waals surface area contributed by atoms with E-state index in [9.17, 15) is 17.6 Å². The van der Waals surface area contributed by atoms with Crippen LogP contribution in [0.4, 0.5) is 17.6 Å². The summed E-state index contributed by atoms with van der Waals surface area (Å²) in [5, 5.41) is 0. The minimum Gasteiger partial charge on any atom is -0.207 e. The Morgan fingerprint density at radius 1 is 0.742 bits per heavy atom. The van der Waals surface area contributed by atoms with E-state index in [0.717, 1.165) is 36.1 Å². The largest absolute Gasteiger partial charge is 0.207 e. The van der Waals surface area contributed by atoms with Crippen LogP contribution >= 0.6 is 0 Å². The lowest BCUT2D eigenvalue weighted by Gasteiger charge is -2.09. The maximum atomic E-state index is 14.7. The third-order valence-electron chi connectivity index (χ3n) is 5.88. The van der Waals surface area contributed by atoms with Crippen LogP contribution in [0.1, 0.15) is 48.4 Å². The highest BCUT2D eigenvalue weighted by Gasteiger charge is 2.15. The maximum Gasteiger partial charge on any atom is 0.194 e. The molecular formula is C27H24F4. The normalized spacial score (nSPS) is 12.7. The second-order valence-electron chi connectivity index (χ2n) is 8.18. The van der Waals surface area contributed by atoms with E-state index in [1.807, 2.05) is 12.1 Å². The first-order chi connectivity index (χ1) is 14.9. The van der Waals surface area contributed by atoms with Crippen LogP contribution in [0.25, 0.3) is 17.2 Å². The highest BCUT2D eigenvalue weighted by Crippen LogP contribution is 2.32. The fourth-order valence-corrected chi connectivity index (χ4v) is 4.12. The zero-order chi connectivity index (χ0) is 22.0. The van der Waals surface area contributed by atoms with Gasteiger partial charge in [-0.05, 0) is 83.7 Å². The molecule has 0 aromatic heterocycles. The lowest BCUT2D eigenvalue weighted by atomic mass is 9.97. The minimum absolute atomic E-state index is 0.218. The number of rotatable bonds is 7. The highest BCUT2D eigenvalue weighted by molar-refractivity contribution is 5.71. The van der Waals surface area contributed by atoms with Crippen LogP contribution in [-0.4, -0.2) is 0 Å². The SMILES string of the molecule is CCCCC1=Cc2ccc(-c3ccc(CCc4cc(F)c(F)c(F)c4)c(F)c3)cc2C1. The minimum atomic E-state index is -1.48. The van der Waals surface area contributed by atoms with E-state index >= 15 is 0 Å². The second kappa shape index (κ2) is 9.09. The molecule has 1 aliphatic rings. The summed E-state index contributed by atoms with van der Waals surface area (Å²) in [5.41, 5.74) is 6.48. The Labute approximate surface area is 180 Å². The van der Waals surface area contributed by atoms with Crippen LogP contribution in [-0.2, 0) is 19.3 Å². The molecule has 0 amide bonds. The number of aryl methyl sites for hydroxylation is 2. The fourth-order valence-electron chi connectivity index (χ4n) is 4.12. The molecule has 0 saturated heterocycles. The van der Waals surface area contributed by atoms with E-state index in [0.29, 0.717) is 11.1 Å². The molecule has 0 spiro atoms. The number of allylic oxidation sites excluding steroid dienone is 1. The summed E-state index contributed by atoms with van der Waals surface area (Å²) in [6.07, 6.45) is 7.19. The molecule has 0 atom stereocenters. The number of hydrogen-bond donors (Lipinski definition) is 0. The van der Waals surface area contributed by atoms with Gasteiger partial charge in [0.1, 0.15) is 5.82 Å². The second-order valence-corrected chi connectivity index (χ2v) is 8.18. The van der Waals surface area contributed by atoms with E-state index in [1.54, 1.807) is 6.07 Å². The highest BCUT2D eigenvalue weighted by atomic mass is 19.2. The van der Waals surface area contributed by atoms with Gasteiger partial charge in [-0.3, -0.25) is 0 Å². The predicted octanol–water partition coefficient (Wildman–Crippen LogP) is 7.82. The third kappa shape index (κ3) is 4.73.